The number of rotatable bonds is 7. The van der Waals surface area contributed by atoms with E-state index in [1.54, 1.807) is 41.0 Å². The molecular weight excluding hydrogens is 469 g/mol. The van der Waals surface area contributed by atoms with E-state index in [2.05, 4.69) is 0 Å². The predicted octanol–water partition coefficient (Wildman–Crippen LogP) is 7.44. The van der Waals surface area contributed by atoms with E-state index in [4.69, 9.17) is 39.5 Å². The van der Waals surface area contributed by atoms with Crippen LogP contribution >= 0.6 is 34.8 Å². The van der Waals surface area contributed by atoms with Crippen molar-refractivity contribution in [1.82, 2.24) is 4.57 Å². The Morgan fingerprint density at radius 2 is 1.53 bits per heavy atom. The summed E-state index contributed by atoms with van der Waals surface area (Å²) in [6.07, 6.45) is 1.83. The molecule has 0 aliphatic heterocycles. The highest BCUT2D eigenvalue weighted by atomic mass is 35.5. The van der Waals surface area contributed by atoms with Gasteiger partial charge in [0.2, 0.25) is 0 Å². The molecule has 0 saturated carbocycles. The zero-order valence-corrected chi connectivity index (χ0v) is 19.0. The molecule has 0 amide bonds. The van der Waals surface area contributed by atoms with Gasteiger partial charge in [-0.1, -0.05) is 59.1 Å². The van der Waals surface area contributed by atoms with Crippen LogP contribution in [-0.2, 0) is 13.2 Å². The van der Waals surface area contributed by atoms with Gasteiger partial charge in [-0.2, -0.15) is 0 Å². The number of hydrogen-bond acceptors (Lipinski definition) is 2. The molecule has 4 nitrogen and oxygen atoms in total. The molecule has 7 heteroatoms. The highest BCUT2D eigenvalue weighted by molar-refractivity contribution is 6.33. The van der Waals surface area contributed by atoms with E-state index >= 15 is 0 Å². The maximum Gasteiger partial charge on any atom is 0.352 e. The number of halogens is 3. The lowest BCUT2D eigenvalue weighted by Gasteiger charge is -2.09. The molecule has 0 aliphatic rings. The smallest absolute Gasteiger partial charge is 0.352 e. The molecule has 0 atom stereocenters. The number of benzene rings is 3. The number of ether oxygens (including phenoxy) is 1. The Morgan fingerprint density at radius 1 is 0.844 bits per heavy atom. The molecule has 4 rings (SSSR count). The fourth-order valence-electron chi connectivity index (χ4n) is 3.32. The van der Waals surface area contributed by atoms with E-state index in [-0.39, 0.29) is 5.69 Å². The minimum atomic E-state index is -0.983. The van der Waals surface area contributed by atoms with Crippen LogP contribution < -0.4 is 4.74 Å². The van der Waals surface area contributed by atoms with E-state index < -0.39 is 5.97 Å². The number of aromatic nitrogens is 1. The number of nitrogens with zero attached hydrogens (tertiary/aromatic N) is 1. The Hall–Kier alpha value is -2.92. The molecule has 0 fully saturated rings. The monoisotopic (exact) mass is 485 g/mol. The van der Waals surface area contributed by atoms with Crippen molar-refractivity contribution in [2.24, 2.45) is 0 Å². The van der Waals surface area contributed by atoms with Crippen LogP contribution in [0.1, 0.15) is 21.6 Å². The summed E-state index contributed by atoms with van der Waals surface area (Å²) >= 11 is 18.1. The minimum absolute atomic E-state index is 0.214. The van der Waals surface area contributed by atoms with Crippen LogP contribution in [-0.4, -0.2) is 15.6 Å². The molecule has 3 aromatic carbocycles. The van der Waals surface area contributed by atoms with Gasteiger partial charge in [-0.15, -0.1) is 0 Å². The summed E-state index contributed by atoms with van der Waals surface area (Å²) in [7, 11) is 0. The van der Waals surface area contributed by atoms with Crippen molar-refractivity contribution < 1.29 is 14.6 Å². The van der Waals surface area contributed by atoms with Crippen LogP contribution in [0.5, 0.6) is 5.75 Å². The average Bonchev–Trinajstić information content (AvgIpc) is 3.20. The van der Waals surface area contributed by atoms with Crippen molar-refractivity contribution in [1.29, 1.82) is 0 Å². The highest BCUT2D eigenvalue weighted by Crippen LogP contribution is 2.27. The molecule has 32 heavy (non-hydrogen) atoms. The topological polar surface area (TPSA) is 51.5 Å². The summed E-state index contributed by atoms with van der Waals surface area (Å²) in [6.45, 7) is 0.722. The Bertz CT molecular complexity index is 1250. The Labute approximate surface area is 200 Å². The summed E-state index contributed by atoms with van der Waals surface area (Å²) in [6, 6.07) is 21.7. The van der Waals surface area contributed by atoms with Gasteiger partial charge in [-0.05, 0) is 59.7 Å². The highest BCUT2D eigenvalue weighted by Gasteiger charge is 2.14. The van der Waals surface area contributed by atoms with Gasteiger partial charge in [0.05, 0.1) is 0 Å². The quantitative estimate of drug-likeness (QED) is 0.295. The molecule has 0 aliphatic carbocycles. The number of carbonyl (C=O) groups is 1. The van der Waals surface area contributed by atoms with Crippen LogP contribution in [0.4, 0.5) is 0 Å². The fraction of sp³-hybridized carbons (Fsp3) is 0.0800. The zero-order valence-electron chi connectivity index (χ0n) is 16.8. The van der Waals surface area contributed by atoms with E-state index in [1.807, 2.05) is 42.6 Å². The third kappa shape index (κ3) is 5.28. The van der Waals surface area contributed by atoms with Gasteiger partial charge >= 0.3 is 5.97 Å². The second kappa shape index (κ2) is 9.70. The Morgan fingerprint density at radius 3 is 2.22 bits per heavy atom. The number of hydrogen-bond donors (Lipinski definition) is 1. The molecule has 0 radical (unpaired) electrons. The van der Waals surface area contributed by atoms with Gasteiger partial charge in [0.15, 0.2) is 0 Å². The van der Waals surface area contributed by atoms with Crippen molar-refractivity contribution in [3.05, 3.63) is 111 Å². The maximum absolute atomic E-state index is 11.8. The number of carboxylic acid groups (broad SMARTS) is 1. The Balaban J connectivity index is 1.51. The van der Waals surface area contributed by atoms with Gasteiger partial charge in [-0.25, -0.2) is 4.79 Å². The molecule has 0 spiro atoms. The van der Waals surface area contributed by atoms with Crippen molar-refractivity contribution in [3.8, 4) is 16.9 Å². The van der Waals surface area contributed by atoms with Crippen molar-refractivity contribution >= 4 is 40.8 Å². The van der Waals surface area contributed by atoms with Crippen LogP contribution in [0.25, 0.3) is 11.1 Å². The summed E-state index contributed by atoms with van der Waals surface area (Å²) in [4.78, 5) is 11.8. The molecule has 1 N–H and O–H groups in total. The van der Waals surface area contributed by atoms with Crippen molar-refractivity contribution in [3.63, 3.8) is 0 Å². The van der Waals surface area contributed by atoms with Crippen LogP contribution in [0.15, 0.2) is 79.0 Å². The standard InChI is InChI=1S/C25H18Cl3NO3/c26-20-5-1-16(2-6-20)13-29-14-18(12-24(29)25(30)31)17-3-8-22(9-4-17)32-15-19-11-21(27)7-10-23(19)28/h1-12,14H,13,15H2,(H,30,31). The molecule has 4 aromatic rings. The molecule has 162 valence electrons. The predicted molar refractivity (Wildman–Crippen MR) is 128 cm³/mol. The lowest BCUT2D eigenvalue weighted by atomic mass is 10.1. The minimum Gasteiger partial charge on any atom is -0.489 e. The summed E-state index contributed by atoms with van der Waals surface area (Å²) in [5, 5.41) is 11.5. The first-order valence-electron chi connectivity index (χ1n) is 9.74. The lowest BCUT2D eigenvalue weighted by molar-refractivity contribution is 0.0685. The Kier molecular flexibility index (Phi) is 6.75. The van der Waals surface area contributed by atoms with E-state index in [9.17, 15) is 9.90 Å². The van der Waals surface area contributed by atoms with Gasteiger partial charge in [0.1, 0.15) is 18.1 Å². The second-order valence-electron chi connectivity index (χ2n) is 7.22. The molecule has 0 unspecified atom stereocenters. The second-order valence-corrected chi connectivity index (χ2v) is 8.50. The molecule has 0 saturated heterocycles. The summed E-state index contributed by atoms with van der Waals surface area (Å²) < 4.78 is 7.54. The SMILES string of the molecule is O=C(O)c1cc(-c2ccc(OCc3cc(Cl)ccc3Cl)cc2)cn1Cc1ccc(Cl)cc1. The van der Waals surface area contributed by atoms with Gasteiger partial charge in [0.25, 0.3) is 0 Å². The van der Waals surface area contributed by atoms with Crippen LogP contribution in [0.3, 0.4) is 0 Å². The molecule has 1 aromatic heterocycles. The lowest BCUT2D eigenvalue weighted by Crippen LogP contribution is -2.08. The molecular formula is C25H18Cl3NO3. The largest absolute Gasteiger partial charge is 0.489 e. The first kappa shape index (κ1) is 22.3. The van der Waals surface area contributed by atoms with Crippen molar-refractivity contribution in [2.45, 2.75) is 13.2 Å². The first-order valence-corrected chi connectivity index (χ1v) is 10.9. The van der Waals surface area contributed by atoms with Crippen molar-refractivity contribution in [2.75, 3.05) is 0 Å². The van der Waals surface area contributed by atoms with E-state index in [0.29, 0.717) is 34.0 Å². The molecule has 0 bridgehead atoms. The van der Waals surface area contributed by atoms with E-state index in [1.165, 1.54) is 0 Å². The van der Waals surface area contributed by atoms with Crippen LogP contribution in [0.2, 0.25) is 15.1 Å². The fourth-order valence-corrected chi connectivity index (χ4v) is 3.82. The maximum atomic E-state index is 11.8. The third-order valence-corrected chi connectivity index (χ3v) is 5.83. The average molecular weight is 487 g/mol. The van der Waals surface area contributed by atoms with E-state index in [0.717, 1.165) is 22.3 Å². The number of carboxylic acids is 1. The zero-order chi connectivity index (χ0) is 22.7. The normalized spacial score (nSPS) is 10.8. The first-order chi connectivity index (χ1) is 15.4. The molecule has 1 heterocycles. The number of aromatic carboxylic acids is 1. The van der Waals surface area contributed by atoms with Gasteiger partial charge < -0.3 is 14.4 Å². The van der Waals surface area contributed by atoms with Gasteiger partial charge in [0, 0.05) is 38.9 Å². The summed E-state index contributed by atoms with van der Waals surface area (Å²) in [5.74, 6) is -0.313. The summed E-state index contributed by atoms with van der Waals surface area (Å²) in [5.41, 5.74) is 3.67. The van der Waals surface area contributed by atoms with Gasteiger partial charge in [-0.3, -0.25) is 0 Å². The van der Waals surface area contributed by atoms with Crippen LogP contribution in [0, 0.1) is 0 Å². The third-order valence-electron chi connectivity index (χ3n) is 4.97.